The number of furan rings is 1. The van der Waals surface area contributed by atoms with Gasteiger partial charge in [0, 0.05) is 29.9 Å². The van der Waals surface area contributed by atoms with Gasteiger partial charge in [0.05, 0.1) is 6.26 Å². The number of hydrogen-bond acceptors (Lipinski definition) is 5. The molecule has 0 atom stereocenters. The minimum absolute atomic E-state index is 0.0844. The van der Waals surface area contributed by atoms with Crippen molar-refractivity contribution in [1.29, 1.82) is 0 Å². The quantitative estimate of drug-likeness (QED) is 0.637. The van der Waals surface area contributed by atoms with E-state index in [0.717, 1.165) is 11.4 Å². The SMILES string of the molecule is CN1C(=CC(=O)COC(=O)c2ccco2)C(C)(C)c2ccccc21. The highest BCUT2D eigenvalue weighted by Crippen LogP contribution is 2.46. The number of rotatable bonds is 4. The third-order valence-electron chi connectivity index (χ3n) is 4.31. The van der Waals surface area contributed by atoms with E-state index in [1.165, 1.54) is 17.9 Å². The second kappa shape index (κ2) is 6.00. The van der Waals surface area contributed by atoms with Gasteiger partial charge in [0.1, 0.15) is 0 Å². The van der Waals surface area contributed by atoms with E-state index in [9.17, 15) is 9.59 Å². The summed E-state index contributed by atoms with van der Waals surface area (Å²) in [7, 11) is 1.93. The fraction of sp³-hybridized carbons (Fsp3) is 0.263. The summed E-state index contributed by atoms with van der Waals surface area (Å²) in [4.78, 5) is 26.0. The Hall–Kier alpha value is -2.82. The Kier molecular flexibility index (Phi) is 4.01. The first-order valence-corrected chi connectivity index (χ1v) is 7.70. The Morgan fingerprint density at radius 2 is 1.96 bits per heavy atom. The van der Waals surface area contributed by atoms with Crippen molar-refractivity contribution in [2.75, 3.05) is 18.6 Å². The third-order valence-corrected chi connectivity index (χ3v) is 4.31. The second-order valence-electron chi connectivity index (χ2n) is 6.25. The Morgan fingerprint density at radius 3 is 2.62 bits per heavy atom. The number of esters is 1. The summed E-state index contributed by atoms with van der Waals surface area (Å²) >= 11 is 0. The Morgan fingerprint density at radius 1 is 1.21 bits per heavy atom. The van der Waals surface area contributed by atoms with Gasteiger partial charge in [0.15, 0.2) is 12.4 Å². The van der Waals surface area contributed by atoms with Gasteiger partial charge in [0.2, 0.25) is 5.76 Å². The van der Waals surface area contributed by atoms with Crippen LogP contribution in [0.25, 0.3) is 0 Å². The third kappa shape index (κ3) is 2.73. The van der Waals surface area contributed by atoms with Gasteiger partial charge in [-0.25, -0.2) is 4.79 Å². The van der Waals surface area contributed by atoms with Crippen molar-refractivity contribution < 1.29 is 18.7 Å². The molecule has 0 unspecified atom stereocenters. The Bertz CT molecular complexity index is 803. The smallest absolute Gasteiger partial charge is 0.374 e. The lowest BCUT2D eigenvalue weighted by Gasteiger charge is -2.23. The molecule has 0 saturated heterocycles. The Balaban J connectivity index is 1.74. The molecule has 3 rings (SSSR count). The molecule has 0 saturated carbocycles. The van der Waals surface area contributed by atoms with Crippen LogP contribution in [-0.4, -0.2) is 25.4 Å². The molecule has 0 N–H and O–H groups in total. The summed E-state index contributed by atoms with van der Waals surface area (Å²) in [6.07, 6.45) is 2.93. The summed E-state index contributed by atoms with van der Waals surface area (Å²) in [5.41, 5.74) is 2.84. The predicted octanol–water partition coefficient (Wildman–Crippen LogP) is 3.32. The van der Waals surface area contributed by atoms with Crippen LogP contribution in [0.15, 0.2) is 58.9 Å². The highest BCUT2D eigenvalue weighted by molar-refractivity contribution is 5.95. The summed E-state index contributed by atoms with van der Waals surface area (Å²) in [6, 6.07) is 11.1. The van der Waals surface area contributed by atoms with Crippen molar-refractivity contribution in [2.24, 2.45) is 0 Å². The zero-order valence-electron chi connectivity index (χ0n) is 13.9. The standard InChI is InChI=1S/C19H19NO4/c1-19(2)14-7-4-5-8-15(14)20(3)17(19)11-13(21)12-24-18(22)16-9-6-10-23-16/h4-11H,12H2,1-3H3. The number of carbonyl (C=O) groups is 2. The van der Waals surface area contributed by atoms with Crippen molar-refractivity contribution >= 4 is 17.4 Å². The van der Waals surface area contributed by atoms with Crippen LogP contribution in [0.1, 0.15) is 30.0 Å². The zero-order valence-corrected chi connectivity index (χ0v) is 13.9. The van der Waals surface area contributed by atoms with E-state index >= 15 is 0 Å². The number of hydrogen-bond donors (Lipinski definition) is 0. The normalized spacial score (nSPS) is 17.0. The highest BCUT2D eigenvalue weighted by atomic mass is 16.5. The molecule has 5 nitrogen and oxygen atoms in total. The fourth-order valence-corrected chi connectivity index (χ4v) is 3.06. The maximum Gasteiger partial charge on any atom is 0.374 e. The van der Waals surface area contributed by atoms with Crippen LogP contribution in [0, 0.1) is 0 Å². The lowest BCUT2D eigenvalue weighted by molar-refractivity contribution is -0.117. The van der Waals surface area contributed by atoms with Gasteiger partial charge in [0.25, 0.3) is 0 Å². The molecule has 2 aromatic rings. The summed E-state index contributed by atoms with van der Waals surface area (Å²) in [6.45, 7) is 3.83. The first-order valence-electron chi connectivity index (χ1n) is 7.70. The van der Waals surface area contributed by atoms with E-state index < -0.39 is 5.97 Å². The summed E-state index contributed by atoms with van der Waals surface area (Å²) < 4.78 is 9.94. The van der Waals surface area contributed by atoms with E-state index in [0.29, 0.717) is 0 Å². The average molecular weight is 325 g/mol. The van der Waals surface area contributed by atoms with Gasteiger partial charge < -0.3 is 14.1 Å². The molecule has 0 amide bonds. The molecular formula is C19H19NO4. The number of nitrogens with zero attached hydrogens (tertiary/aromatic N) is 1. The Labute approximate surface area is 140 Å². The monoisotopic (exact) mass is 325 g/mol. The first-order chi connectivity index (χ1) is 11.4. The van der Waals surface area contributed by atoms with Gasteiger partial charge in [-0.3, -0.25) is 4.79 Å². The predicted molar refractivity (Wildman–Crippen MR) is 90.0 cm³/mol. The van der Waals surface area contributed by atoms with Crippen molar-refractivity contribution in [3.63, 3.8) is 0 Å². The van der Waals surface area contributed by atoms with Crippen molar-refractivity contribution in [1.82, 2.24) is 0 Å². The molecule has 124 valence electrons. The molecule has 1 aliphatic heterocycles. The average Bonchev–Trinajstić information content (AvgIpc) is 3.16. The van der Waals surface area contributed by atoms with Crippen molar-refractivity contribution in [2.45, 2.75) is 19.3 Å². The number of ketones is 1. The number of anilines is 1. The maximum absolute atomic E-state index is 12.2. The first kappa shape index (κ1) is 16.1. The van der Waals surface area contributed by atoms with Gasteiger partial charge >= 0.3 is 5.97 Å². The van der Waals surface area contributed by atoms with Crippen molar-refractivity contribution in [3.8, 4) is 0 Å². The number of ether oxygens (including phenoxy) is 1. The largest absolute Gasteiger partial charge is 0.457 e. The molecular weight excluding hydrogens is 306 g/mol. The van der Waals surface area contributed by atoms with E-state index in [-0.39, 0.29) is 23.6 Å². The van der Waals surface area contributed by atoms with Crippen LogP contribution in [0.3, 0.4) is 0 Å². The lowest BCUT2D eigenvalue weighted by Crippen LogP contribution is -2.25. The molecule has 0 bridgehead atoms. The topological polar surface area (TPSA) is 59.8 Å². The van der Waals surface area contributed by atoms with Crippen LogP contribution in [0.4, 0.5) is 5.69 Å². The second-order valence-corrected chi connectivity index (χ2v) is 6.25. The highest BCUT2D eigenvalue weighted by Gasteiger charge is 2.38. The van der Waals surface area contributed by atoms with Gasteiger partial charge in [-0.05, 0) is 23.8 Å². The van der Waals surface area contributed by atoms with Gasteiger partial charge in [-0.1, -0.05) is 32.0 Å². The number of para-hydroxylation sites is 1. The molecule has 0 spiro atoms. The molecule has 2 heterocycles. The van der Waals surface area contributed by atoms with E-state index in [1.807, 2.05) is 30.1 Å². The van der Waals surface area contributed by atoms with Crippen LogP contribution < -0.4 is 4.90 Å². The van der Waals surface area contributed by atoms with E-state index in [4.69, 9.17) is 9.15 Å². The molecule has 1 aliphatic rings. The number of carbonyl (C=O) groups excluding carboxylic acids is 2. The van der Waals surface area contributed by atoms with Crippen LogP contribution >= 0.6 is 0 Å². The summed E-state index contributed by atoms with van der Waals surface area (Å²) in [5, 5.41) is 0. The minimum atomic E-state index is -0.644. The molecule has 1 aromatic heterocycles. The molecule has 1 aromatic carbocycles. The molecule has 24 heavy (non-hydrogen) atoms. The molecule has 0 fully saturated rings. The summed E-state index contributed by atoms with van der Waals surface area (Å²) in [5.74, 6) is -0.826. The fourth-order valence-electron chi connectivity index (χ4n) is 3.06. The minimum Gasteiger partial charge on any atom is -0.457 e. The van der Waals surface area contributed by atoms with Gasteiger partial charge in [-0.15, -0.1) is 0 Å². The maximum atomic E-state index is 12.2. The van der Waals surface area contributed by atoms with Crippen molar-refractivity contribution in [3.05, 3.63) is 65.8 Å². The molecule has 0 radical (unpaired) electrons. The lowest BCUT2D eigenvalue weighted by atomic mass is 9.83. The molecule has 0 aliphatic carbocycles. The van der Waals surface area contributed by atoms with E-state index in [2.05, 4.69) is 19.9 Å². The molecule has 5 heteroatoms. The number of benzene rings is 1. The number of fused-ring (bicyclic) bond motifs is 1. The van der Waals surface area contributed by atoms with Crippen LogP contribution in [0.5, 0.6) is 0 Å². The van der Waals surface area contributed by atoms with Crippen LogP contribution in [-0.2, 0) is 14.9 Å². The zero-order chi connectivity index (χ0) is 17.3. The number of allylic oxidation sites excluding steroid dienone is 1. The van der Waals surface area contributed by atoms with Gasteiger partial charge in [-0.2, -0.15) is 0 Å². The van der Waals surface area contributed by atoms with E-state index in [1.54, 1.807) is 12.1 Å². The van der Waals surface area contributed by atoms with Crippen LogP contribution in [0.2, 0.25) is 0 Å². The number of likely N-dealkylation sites (N-methyl/N-ethyl adjacent to an activating group) is 1.